The largest absolute Gasteiger partial charge is 0.480 e. The van der Waals surface area contributed by atoms with Gasteiger partial charge in [-0.3, -0.25) is 14.5 Å². The van der Waals surface area contributed by atoms with Gasteiger partial charge in [0.05, 0.1) is 6.54 Å². The molecular weight excluding hydrogens is 232 g/mol. The lowest BCUT2D eigenvalue weighted by Crippen LogP contribution is -2.52. The van der Waals surface area contributed by atoms with Crippen molar-refractivity contribution >= 4 is 11.9 Å². The SMILES string of the molecule is CC1CCCN(CC(=O)N2CCCC2)C1C(=O)O. The van der Waals surface area contributed by atoms with E-state index in [9.17, 15) is 14.7 Å². The van der Waals surface area contributed by atoms with Gasteiger partial charge in [0.1, 0.15) is 6.04 Å². The predicted molar refractivity (Wildman–Crippen MR) is 67.2 cm³/mol. The summed E-state index contributed by atoms with van der Waals surface area (Å²) in [5.74, 6) is -0.577. The fraction of sp³-hybridized carbons (Fsp3) is 0.846. The van der Waals surface area contributed by atoms with Crippen LogP contribution in [0.2, 0.25) is 0 Å². The molecule has 0 bridgehead atoms. The highest BCUT2D eigenvalue weighted by Gasteiger charge is 2.35. The molecule has 2 aliphatic rings. The molecule has 2 saturated heterocycles. The number of carboxylic acids is 1. The van der Waals surface area contributed by atoms with Crippen LogP contribution in [-0.4, -0.2) is 59.0 Å². The number of aliphatic carboxylic acids is 1. The van der Waals surface area contributed by atoms with Gasteiger partial charge in [-0.1, -0.05) is 6.92 Å². The molecule has 2 heterocycles. The van der Waals surface area contributed by atoms with E-state index < -0.39 is 12.0 Å². The van der Waals surface area contributed by atoms with E-state index in [4.69, 9.17) is 0 Å². The second-order valence-corrected chi connectivity index (χ2v) is 5.46. The molecule has 2 atom stereocenters. The molecule has 0 saturated carbocycles. The zero-order chi connectivity index (χ0) is 13.1. The van der Waals surface area contributed by atoms with E-state index in [1.165, 1.54) is 0 Å². The Morgan fingerprint density at radius 1 is 1.17 bits per heavy atom. The van der Waals surface area contributed by atoms with E-state index in [1.807, 2.05) is 16.7 Å². The number of hydrogen-bond acceptors (Lipinski definition) is 3. The van der Waals surface area contributed by atoms with Crippen molar-refractivity contribution in [3.63, 3.8) is 0 Å². The Kier molecular flexibility index (Phi) is 4.22. The van der Waals surface area contributed by atoms with Crippen molar-refractivity contribution in [2.45, 2.75) is 38.6 Å². The molecule has 0 aromatic heterocycles. The fourth-order valence-electron chi connectivity index (χ4n) is 3.09. The summed E-state index contributed by atoms with van der Waals surface area (Å²) in [6.45, 7) is 4.62. The van der Waals surface area contributed by atoms with Gasteiger partial charge in [0.15, 0.2) is 0 Å². The van der Waals surface area contributed by atoms with Gasteiger partial charge < -0.3 is 10.0 Å². The predicted octanol–water partition coefficient (Wildman–Crippen LogP) is 0.794. The van der Waals surface area contributed by atoms with Crippen LogP contribution >= 0.6 is 0 Å². The molecule has 0 aromatic rings. The van der Waals surface area contributed by atoms with E-state index >= 15 is 0 Å². The molecular formula is C13H22N2O3. The van der Waals surface area contributed by atoms with Gasteiger partial charge in [0, 0.05) is 13.1 Å². The Balaban J connectivity index is 1.97. The average Bonchev–Trinajstić information content (AvgIpc) is 2.81. The van der Waals surface area contributed by atoms with E-state index in [1.54, 1.807) is 0 Å². The zero-order valence-electron chi connectivity index (χ0n) is 11.0. The van der Waals surface area contributed by atoms with Crippen molar-refractivity contribution in [2.24, 2.45) is 5.92 Å². The standard InChI is InChI=1S/C13H22N2O3/c1-10-5-4-8-15(12(10)13(17)18)9-11(16)14-6-2-3-7-14/h10,12H,2-9H2,1H3,(H,17,18). The first-order valence-corrected chi connectivity index (χ1v) is 6.84. The monoisotopic (exact) mass is 254 g/mol. The van der Waals surface area contributed by atoms with Gasteiger partial charge >= 0.3 is 5.97 Å². The van der Waals surface area contributed by atoms with E-state index in [0.717, 1.165) is 45.3 Å². The Bertz CT molecular complexity index is 326. The smallest absolute Gasteiger partial charge is 0.321 e. The second kappa shape index (κ2) is 5.69. The lowest BCUT2D eigenvalue weighted by atomic mass is 9.91. The lowest BCUT2D eigenvalue weighted by Gasteiger charge is -2.37. The van der Waals surface area contributed by atoms with E-state index in [2.05, 4.69) is 0 Å². The van der Waals surface area contributed by atoms with Crippen molar-refractivity contribution in [1.82, 2.24) is 9.80 Å². The third-order valence-corrected chi connectivity index (χ3v) is 4.09. The van der Waals surface area contributed by atoms with Crippen LogP contribution in [-0.2, 0) is 9.59 Å². The number of carbonyl (C=O) groups is 2. The third-order valence-electron chi connectivity index (χ3n) is 4.09. The quantitative estimate of drug-likeness (QED) is 0.809. The maximum absolute atomic E-state index is 12.1. The molecule has 1 N–H and O–H groups in total. The number of carboxylic acid groups (broad SMARTS) is 1. The highest BCUT2D eigenvalue weighted by molar-refractivity contribution is 5.80. The number of piperidine rings is 1. The van der Waals surface area contributed by atoms with E-state index in [0.29, 0.717) is 0 Å². The minimum atomic E-state index is -0.795. The minimum absolute atomic E-state index is 0.0906. The average molecular weight is 254 g/mol. The minimum Gasteiger partial charge on any atom is -0.480 e. The summed E-state index contributed by atoms with van der Waals surface area (Å²) >= 11 is 0. The van der Waals surface area contributed by atoms with Gasteiger partial charge in [0.2, 0.25) is 5.91 Å². The summed E-state index contributed by atoms with van der Waals surface area (Å²) in [4.78, 5) is 27.1. The molecule has 0 aliphatic carbocycles. The number of carbonyl (C=O) groups excluding carboxylic acids is 1. The molecule has 1 amide bonds. The molecule has 18 heavy (non-hydrogen) atoms. The van der Waals surface area contributed by atoms with Crippen LogP contribution in [0.5, 0.6) is 0 Å². The maximum Gasteiger partial charge on any atom is 0.321 e. The van der Waals surface area contributed by atoms with Crippen LogP contribution in [0.15, 0.2) is 0 Å². The van der Waals surface area contributed by atoms with Crippen LogP contribution in [0.4, 0.5) is 0 Å². The molecule has 0 aromatic carbocycles. The summed E-state index contributed by atoms with van der Waals surface area (Å²) in [5.41, 5.74) is 0. The highest BCUT2D eigenvalue weighted by atomic mass is 16.4. The molecule has 5 nitrogen and oxygen atoms in total. The van der Waals surface area contributed by atoms with E-state index in [-0.39, 0.29) is 18.4 Å². The van der Waals surface area contributed by atoms with Crippen LogP contribution in [0.1, 0.15) is 32.6 Å². The number of rotatable bonds is 3. The van der Waals surface area contributed by atoms with Gasteiger partial charge in [-0.05, 0) is 38.1 Å². The van der Waals surface area contributed by atoms with Gasteiger partial charge in [-0.25, -0.2) is 0 Å². The number of nitrogens with zero attached hydrogens (tertiary/aromatic N) is 2. The Hall–Kier alpha value is -1.10. The Labute approximate surface area is 108 Å². The molecule has 2 fully saturated rings. The van der Waals surface area contributed by atoms with Crippen molar-refractivity contribution in [1.29, 1.82) is 0 Å². The highest BCUT2D eigenvalue weighted by Crippen LogP contribution is 2.23. The lowest BCUT2D eigenvalue weighted by molar-refractivity contribution is -0.148. The van der Waals surface area contributed by atoms with Crippen LogP contribution in [0.3, 0.4) is 0 Å². The normalized spacial score (nSPS) is 29.5. The van der Waals surface area contributed by atoms with Crippen molar-refractivity contribution < 1.29 is 14.7 Å². The van der Waals surface area contributed by atoms with Crippen LogP contribution in [0, 0.1) is 5.92 Å². The first-order chi connectivity index (χ1) is 8.59. The molecule has 0 spiro atoms. The second-order valence-electron chi connectivity index (χ2n) is 5.46. The first-order valence-electron chi connectivity index (χ1n) is 6.84. The summed E-state index contributed by atoms with van der Waals surface area (Å²) in [5, 5.41) is 9.29. The van der Waals surface area contributed by atoms with Crippen molar-refractivity contribution in [3.8, 4) is 0 Å². The zero-order valence-corrected chi connectivity index (χ0v) is 11.0. The summed E-state index contributed by atoms with van der Waals surface area (Å²) in [6, 6.07) is -0.495. The molecule has 0 radical (unpaired) electrons. The maximum atomic E-state index is 12.1. The van der Waals surface area contributed by atoms with Crippen molar-refractivity contribution in [3.05, 3.63) is 0 Å². The fourth-order valence-corrected chi connectivity index (χ4v) is 3.09. The van der Waals surface area contributed by atoms with Gasteiger partial charge in [-0.2, -0.15) is 0 Å². The Morgan fingerprint density at radius 3 is 2.44 bits per heavy atom. The van der Waals surface area contributed by atoms with Crippen LogP contribution < -0.4 is 0 Å². The van der Waals surface area contributed by atoms with Crippen LogP contribution in [0.25, 0.3) is 0 Å². The molecule has 2 aliphatic heterocycles. The van der Waals surface area contributed by atoms with Crippen molar-refractivity contribution in [2.75, 3.05) is 26.2 Å². The molecule has 2 unspecified atom stereocenters. The number of hydrogen-bond donors (Lipinski definition) is 1. The molecule has 2 rings (SSSR count). The molecule has 102 valence electrons. The van der Waals surface area contributed by atoms with Gasteiger partial charge in [-0.15, -0.1) is 0 Å². The summed E-state index contributed by atoms with van der Waals surface area (Å²) < 4.78 is 0. The third kappa shape index (κ3) is 2.83. The Morgan fingerprint density at radius 2 is 1.83 bits per heavy atom. The molecule has 5 heteroatoms. The van der Waals surface area contributed by atoms with Gasteiger partial charge in [0.25, 0.3) is 0 Å². The summed E-state index contributed by atoms with van der Waals surface area (Å²) in [6.07, 6.45) is 4.07. The number of likely N-dealkylation sites (tertiary alicyclic amines) is 2. The summed E-state index contributed by atoms with van der Waals surface area (Å²) in [7, 11) is 0. The first kappa shape index (κ1) is 13.3. The number of amides is 1. The topological polar surface area (TPSA) is 60.9 Å².